The second-order valence-corrected chi connectivity index (χ2v) is 3.54. The maximum absolute atomic E-state index is 10.7. The summed E-state index contributed by atoms with van der Waals surface area (Å²) in [5, 5.41) is 7.06. The molecule has 1 aromatic heterocycles. The van der Waals surface area contributed by atoms with Gasteiger partial charge in [-0.1, -0.05) is 5.11 Å². The summed E-state index contributed by atoms with van der Waals surface area (Å²) in [4.78, 5) is 14.8. The molecular formula is C8H7N5OS. The molecule has 0 fully saturated rings. The zero-order valence-electron chi connectivity index (χ0n) is 7.54. The molecule has 2 rings (SSSR count). The molecule has 0 spiro atoms. The van der Waals surface area contributed by atoms with E-state index in [0.29, 0.717) is 5.69 Å². The van der Waals surface area contributed by atoms with E-state index in [1.807, 2.05) is 11.5 Å². The van der Waals surface area contributed by atoms with Crippen molar-refractivity contribution >= 4 is 33.3 Å². The first kappa shape index (κ1) is 9.69. The van der Waals surface area contributed by atoms with Crippen molar-refractivity contribution in [3.8, 4) is 0 Å². The summed E-state index contributed by atoms with van der Waals surface area (Å²) in [6.45, 7) is 0. The molecule has 76 valence electrons. The van der Waals surface area contributed by atoms with Crippen LogP contribution in [0.2, 0.25) is 0 Å². The molecule has 7 heteroatoms. The maximum atomic E-state index is 10.7. The van der Waals surface area contributed by atoms with E-state index in [1.54, 1.807) is 17.6 Å². The van der Waals surface area contributed by atoms with Gasteiger partial charge in [0.05, 0.1) is 21.4 Å². The van der Waals surface area contributed by atoms with Crippen molar-refractivity contribution in [2.45, 2.75) is 0 Å². The third-order valence-electron chi connectivity index (χ3n) is 1.69. The van der Waals surface area contributed by atoms with E-state index in [-0.39, 0.29) is 0 Å². The quantitative estimate of drug-likeness (QED) is 0.333. The summed E-state index contributed by atoms with van der Waals surface area (Å²) in [6.07, 6.45) is 0. The molecule has 15 heavy (non-hydrogen) atoms. The number of azo groups is 1. The number of thiazole rings is 1. The van der Waals surface area contributed by atoms with Crippen molar-refractivity contribution < 1.29 is 4.79 Å². The first-order chi connectivity index (χ1) is 7.29. The van der Waals surface area contributed by atoms with Gasteiger partial charge in [-0.25, -0.2) is 15.6 Å². The first-order valence-electron chi connectivity index (χ1n) is 4.05. The fourth-order valence-electron chi connectivity index (χ4n) is 1.04. The number of aromatic nitrogens is 1. The zero-order valence-corrected chi connectivity index (χ0v) is 8.36. The highest BCUT2D eigenvalue weighted by Crippen LogP contribution is 2.23. The number of fused-ring (bicyclic) bond motifs is 1. The summed E-state index contributed by atoms with van der Waals surface area (Å²) < 4.78 is 1.000. The smallest absolute Gasteiger partial charge is 0.273 e. The number of nitrogens with one attached hydrogen (secondary N) is 1. The lowest BCUT2D eigenvalue weighted by molar-refractivity contribution is 0.248. The van der Waals surface area contributed by atoms with Crippen LogP contribution in [0.3, 0.4) is 0 Å². The van der Waals surface area contributed by atoms with E-state index >= 15 is 0 Å². The van der Waals surface area contributed by atoms with Crippen LogP contribution in [0.5, 0.6) is 0 Å². The zero-order chi connectivity index (χ0) is 10.7. The molecule has 3 N–H and O–H groups in total. The minimum atomic E-state index is -0.681. The summed E-state index contributed by atoms with van der Waals surface area (Å²) >= 11 is 1.50. The van der Waals surface area contributed by atoms with E-state index in [1.165, 1.54) is 11.3 Å². The van der Waals surface area contributed by atoms with Crippen LogP contribution in [0.1, 0.15) is 0 Å². The molecule has 0 atom stereocenters. The largest absolute Gasteiger partial charge is 0.373 e. The average molecular weight is 221 g/mol. The van der Waals surface area contributed by atoms with Gasteiger partial charge in [0.15, 0.2) is 0 Å². The number of carbonyl (C=O) groups is 1. The van der Waals surface area contributed by atoms with Gasteiger partial charge in [-0.3, -0.25) is 5.43 Å². The second-order valence-electron chi connectivity index (χ2n) is 2.65. The summed E-state index contributed by atoms with van der Waals surface area (Å²) in [5.74, 6) is 4.85. The Balaban J connectivity index is 2.28. The SMILES string of the molecule is NNC(=O)N=Nc1ccc2ncsc2c1. The second kappa shape index (κ2) is 4.11. The van der Waals surface area contributed by atoms with Crippen LogP contribution >= 0.6 is 11.3 Å². The van der Waals surface area contributed by atoms with Gasteiger partial charge in [0.25, 0.3) is 0 Å². The molecule has 6 nitrogen and oxygen atoms in total. The van der Waals surface area contributed by atoms with E-state index in [9.17, 15) is 4.79 Å². The molecule has 0 aliphatic rings. The molecule has 0 aliphatic carbocycles. The molecule has 2 aromatic rings. The molecule has 0 aliphatic heterocycles. The standard InChI is InChI=1S/C8H7N5OS/c9-11-8(14)13-12-5-1-2-6-7(3-5)15-4-10-6/h1-4H,9H2,(H,11,14). The predicted octanol–water partition coefficient (Wildman–Crippen LogP) is 1.96. The van der Waals surface area contributed by atoms with Gasteiger partial charge in [-0.15, -0.1) is 16.5 Å². The summed E-state index contributed by atoms with van der Waals surface area (Å²) in [6, 6.07) is 4.68. The van der Waals surface area contributed by atoms with E-state index in [2.05, 4.69) is 15.2 Å². The number of hydrogen-bond acceptors (Lipinski definition) is 5. The van der Waals surface area contributed by atoms with Crippen molar-refractivity contribution in [3.05, 3.63) is 23.7 Å². The highest BCUT2D eigenvalue weighted by atomic mass is 32.1. The number of rotatable bonds is 1. The van der Waals surface area contributed by atoms with Gasteiger partial charge in [-0.05, 0) is 18.2 Å². The molecule has 0 radical (unpaired) electrons. The van der Waals surface area contributed by atoms with Gasteiger partial charge in [-0.2, -0.15) is 0 Å². The Kier molecular flexibility index (Phi) is 2.66. The number of benzene rings is 1. The maximum Gasteiger partial charge on any atom is 0.373 e. The molecule has 1 aromatic carbocycles. The lowest BCUT2D eigenvalue weighted by atomic mass is 10.3. The lowest BCUT2D eigenvalue weighted by Crippen LogP contribution is -2.26. The normalized spacial score (nSPS) is 11.0. The molecule has 0 saturated carbocycles. The number of nitrogens with zero attached hydrogens (tertiary/aromatic N) is 3. The number of amides is 2. The number of nitrogens with two attached hydrogens (primary N) is 1. The molecule has 2 amide bonds. The minimum absolute atomic E-state index is 0.593. The Morgan fingerprint density at radius 3 is 3.20 bits per heavy atom. The third kappa shape index (κ3) is 2.14. The Morgan fingerprint density at radius 1 is 1.53 bits per heavy atom. The van der Waals surface area contributed by atoms with Crippen LogP contribution in [-0.2, 0) is 0 Å². The van der Waals surface area contributed by atoms with Crippen LogP contribution in [0.25, 0.3) is 10.2 Å². The Labute approximate surface area is 88.8 Å². The van der Waals surface area contributed by atoms with Gasteiger partial charge < -0.3 is 0 Å². The minimum Gasteiger partial charge on any atom is -0.273 e. The Hall–Kier alpha value is -1.86. The number of hydrazine groups is 1. The fraction of sp³-hybridized carbons (Fsp3) is 0. The Morgan fingerprint density at radius 2 is 2.40 bits per heavy atom. The molecule has 0 unspecified atom stereocenters. The first-order valence-corrected chi connectivity index (χ1v) is 4.93. The highest BCUT2D eigenvalue weighted by Gasteiger charge is 1.98. The van der Waals surface area contributed by atoms with E-state index in [4.69, 9.17) is 5.84 Å². The van der Waals surface area contributed by atoms with Gasteiger partial charge in [0.2, 0.25) is 0 Å². The van der Waals surface area contributed by atoms with E-state index < -0.39 is 6.03 Å². The highest BCUT2D eigenvalue weighted by molar-refractivity contribution is 7.16. The lowest BCUT2D eigenvalue weighted by Gasteiger charge is -1.91. The average Bonchev–Trinajstić information content (AvgIpc) is 2.72. The summed E-state index contributed by atoms with van der Waals surface area (Å²) in [7, 11) is 0. The van der Waals surface area contributed by atoms with Gasteiger partial charge in [0, 0.05) is 0 Å². The third-order valence-corrected chi connectivity index (χ3v) is 2.49. The molecular weight excluding hydrogens is 214 g/mol. The van der Waals surface area contributed by atoms with Crippen LogP contribution < -0.4 is 11.3 Å². The van der Waals surface area contributed by atoms with Crippen LogP contribution in [-0.4, -0.2) is 11.0 Å². The van der Waals surface area contributed by atoms with Gasteiger partial charge in [0.1, 0.15) is 0 Å². The molecule has 0 saturated heterocycles. The van der Waals surface area contributed by atoms with Crippen molar-refractivity contribution in [2.75, 3.05) is 0 Å². The monoisotopic (exact) mass is 221 g/mol. The molecule has 1 heterocycles. The van der Waals surface area contributed by atoms with Crippen LogP contribution in [0.15, 0.2) is 33.9 Å². The van der Waals surface area contributed by atoms with Crippen molar-refractivity contribution in [3.63, 3.8) is 0 Å². The fourth-order valence-corrected chi connectivity index (χ4v) is 1.75. The van der Waals surface area contributed by atoms with Crippen LogP contribution in [0.4, 0.5) is 10.5 Å². The van der Waals surface area contributed by atoms with E-state index in [0.717, 1.165) is 10.2 Å². The molecule has 0 bridgehead atoms. The number of urea groups is 1. The number of hydrogen-bond donors (Lipinski definition) is 2. The van der Waals surface area contributed by atoms with Crippen LogP contribution in [0, 0.1) is 0 Å². The van der Waals surface area contributed by atoms with Crippen molar-refractivity contribution in [1.29, 1.82) is 0 Å². The van der Waals surface area contributed by atoms with Crippen molar-refractivity contribution in [2.24, 2.45) is 16.1 Å². The summed E-state index contributed by atoms with van der Waals surface area (Å²) in [5.41, 5.74) is 5.10. The topological polar surface area (TPSA) is 92.7 Å². The number of carbonyl (C=O) groups excluding carboxylic acids is 1. The van der Waals surface area contributed by atoms with Crippen molar-refractivity contribution in [1.82, 2.24) is 10.4 Å². The Bertz CT molecular complexity index is 520. The predicted molar refractivity (Wildman–Crippen MR) is 56.9 cm³/mol. The van der Waals surface area contributed by atoms with Gasteiger partial charge >= 0.3 is 6.03 Å².